The lowest BCUT2D eigenvalue weighted by atomic mass is 10.2. The van der Waals surface area contributed by atoms with Crippen LogP contribution in [-0.2, 0) is 0 Å². The predicted molar refractivity (Wildman–Crippen MR) is 61.0 cm³/mol. The third-order valence-electron chi connectivity index (χ3n) is 1.95. The molecule has 0 unspecified atom stereocenters. The number of hydrogen-bond donors (Lipinski definition) is 0. The van der Waals surface area contributed by atoms with Crippen molar-refractivity contribution in [1.82, 2.24) is 4.98 Å². The van der Waals surface area contributed by atoms with E-state index in [2.05, 4.69) is 20.9 Å². The molecule has 72 valence electrons. The quantitative estimate of drug-likeness (QED) is 0.790. The molecule has 1 aromatic carbocycles. The molecule has 4 heteroatoms. The molecule has 0 atom stereocenters. The second-order valence-corrected chi connectivity index (χ2v) is 4.10. The van der Waals surface area contributed by atoms with E-state index in [-0.39, 0.29) is 0 Å². The topological polar surface area (TPSA) is 22.1 Å². The third kappa shape index (κ3) is 1.57. The Labute approximate surface area is 95.0 Å². The van der Waals surface area contributed by atoms with Gasteiger partial charge in [-0.2, -0.15) is 0 Å². The molecule has 0 saturated carbocycles. The van der Waals surface area contributed by atoms with E-state index < -0.39 is 0 Å². The van der Waals surface area contributed by atoms with E-state index in [0.717, 1.165) is 15.4 Å². The van der Waals surface area contributed by atoms with Crippen LogP contribution in [0.15, 0.2) is 28.9 Å². The molecule has 0 saturated heterocycles. The molecule has 0 aliphatic carbocycles. The van der Waals surface area contributed by atoms with Crippen LogP contribution in [0.2, 0.25) is 5.02 Å². The number of pyridine rings is 1. The molecule has 0 spiro atoms. The van der Waals surface area contributed by atoms with Gasteiger partial charge in [-0.05, 0) is 34.1 Å². The zero-order valence-electron chi connectivity index (χ0n) is 7.42. The zero-order valence-corrected chi connectivity index (χ0v) is 9.76. The highest BCUT2D eigenvalue weighted by atomic mass is 79.9. The standard InChI is InChI=1S/C10H7BrClNO/c1-14-9-3-2-8-7(10(9)12)4-6(11)5-13-8/h2-5H,1H3. The van der Waals surface area contributed by atoms with E-state index in [0.29, 0.717) is 10.8 Å². The molecule has 2 aromatic rings. The number of ether oxygens (including phenoxy) is 1. The summed E-state index contributed by atoms with van der Waals surface area (Å²) >= 11 is 9.48. The summed E-state index contributed by atoms with van der Waals surface area (Å²) in [4.78, 5) is 4.23. The van der Waals surface area contributed by atoms with E-state index in [1.165, 1.54) is 0 Å². The summed E-state index contributed by atoms with van der Waals surface area (Å²) in [5, 5.41) is 1.49. The Morgan fingerprint density at radius 1 is 1.43 bits per heavy atom. The van der Waals surface area contributed by atoms with Gasteiger partial charge in [0.25, 0.3) is 0 Å². The second kappa shape index (κ2) is 3.75. The number of methoxy groups -OCH3 is 1. The average Bonchev–Trinajstić information content (AvgIpc) is 2.20. The fourth-order valence-electron chi connectivity index (χ4n) is 1.28. The molecule has 0 radical (unpaired) electrons. The van der Waals surface area contributed by atoms with Crippen LogP contribution in [0.4, 0.5) is 0 Å². The Kier molecular flexibility index (Phi) is 2.61. The molecule has 0 aliphatic rings. The first-order valence-corrected chi connectivity index (χ1v) is 5.17. The maximum absolute atomic E-state index is 6.13. The molecule has 0 amide bonds. The van der Waals surface area contributed by atoms with Crippen molar-refractivity contribution >= 4 is 38.4 Å². The van der Waals surface area contributed by atoms with Crippen LogP contribution < -0.4 is 4.74 Å². The lowest BCUT2D eigenvalue weighted by molar-refractivity contribution is 0.415. The minimum absolute atomic E-state index is 0.596. The van der Waals surface area contributed by atoms with Gasteiger partial charge in [-0.25, -0.2) is 0 Å². The van der Waals surface area contributed by atoms with Crippen LogP contribution in [0, 0.1) is 0 Å². The molecule has 1 aromatic heterocycles. The van der Waals surface area contributed by atoms with Gasteiger partial charge in [-0.3, -0.25) is 4.98 Å². The highest BCUT2D eigenvalue weighted by Crippen LogP contribution is 2.32. The second-order valence-electron chi connectivity index (χ2n) is 2.80. The molecule has 2 rings (SSSR count). The molecule has 0 bridgehead atoms. The molecule has 14 heavy (non-hydrogen) atoms. The van der Waals surface area contributed by atoms with Gasteiger partial charge in [-0.15, -0.1) is 0 Å². The van der Waals surface area contributed by atoms with Crippen molar-refractivity contribution in [3.8, 4) is 5.75 Å². The number of halogens is 2. The Bertz CT molecular complexity index is 487. The Morgan fingerprint density at radius 2 is 2.21 bits per heavy atom. The molecule has 1 heterocycles. The van der Waals surface area contributed by atoms with E-state index in [9.17, 15) is 0 Å². The Balaban J connectivity index is 2.79. The summed E-state index contributed by atoms with van der Waals surface area (Å²) in [6, 6.07) is 5.62. The number of fused-ring (bicyclic) bond motifs is 1. The summed E-state index contributed by atoms with van der Waals surface area (Å²) in [5.74, 6) is 0.666. The first-order valence-electron chi connectivity index (χ1n) is 4.00. The molecule has 0 fully saturated rings. The van der Waals surface area contributed by atoms with Crippen molar-refractivity contribution in [3.63, 3.8) is 0 Å². The maximum Gasteiger partial charge on any atom is 0.138 e. The number of hydrogen-bond acceptors (Lipinski definition) is 2. The largest absolute Gasteiger partial charge is 0.495 e. The van der Waals surface area contributed by atoms with Crippen LogP contribution in [0.5, 0.6) is 5.75 Å². The normalized spacial score (nSPS) is 10.5. The average molecular weight is 273 g/mol. The van der Waals surface area contributed by atoms with Gasteiger partial charge in [0.2, 0.25) is 0 Å². The fraction of sp³-hybridized carbons (Fsp3) is 0.100. The van der Waals surface area contributed by atoms with Crippen LogP contribution in [0.1, 0.15) is 0 Å². The zero-order chi connectivity index (χ0) is 10.1. The smallest absolute Gasteiger partial charge is 0.138 e. The molecular formula is C10H7BrClNO. The molecule has 0 N–H and O–H groups in total. The van der Waals surface area contributed by atoms with Gasteiger partial charge in [0.1, 0.15) is 5.75 Å². The SMILES string of the molecule is COc1ccc2ncc(Br)cc2c1Cl. The first-order chi connectivity index (χ1) is 6.72. The molecular weight excluding hydrogens is 265 g/mol. The van der Waals surface area contributed by atoms with E-state index in [1.54, 1.807) is 13.3 Å². The van der Waals surface area contributed by atoms with Crippen molar-refractivity contribution in [2.24, 2.45) is 0 Å². The lowest BCUT2D eigenvalue weighted by Gasteiger charge is -2.05. The monoisotopic (exact) mass is 271 g/mol. The van der Waals surface area contributed by atoms with Crippen molar-refractivity contribution in [2.45, 2.75) is 0 Å². The van der Waals surface area contributed by atoms with Gasteiger partial charge in [0, 0.05) is 16.1 Å². The first kappa shape index (κ1) is 9.74. The molecule has 0 aliphatic heterocycles. The Hall–Kier alpha value is -0.800. The number of aromatic nitrogens is 1. The maximum atomic E-state index is 6.13. The van der Waals surface area contributed by atoms with E-state index >= 15 is 0 Å². The van der Waals surface area contributed by atoms with Gasteiger partial charge in [0.15, 0.2) is 0 Å². The van der Waals surface area contributed by atoms with Crippen LogP contribution in [-0.4, -0.2) is 12.1 Å². The summed E-state index contributed by atoms with van der Waals surface area (Å²) < 4.78 is 6.02. The van der Waals surface area contributed by atoms with Crippen LogP contribution in [0.3, 0.4) is 0 Å². The summed E-state index contributed by atoms with van der Waals surface area (Å²) in [7, 11) is 1.60. The number of rotatable bonds is 1. The predicted octanol–water partition coefficient (Wildman–Crippen LogP) is 3.66. The third-order valence-corrected chi connectivity index (χ3v) is 2.77. The van der Waals surface area contributed by atoms with Crippen molar-refractivity contribution in [1.29, 1.82) is 0 Å². The molecule has 2 nitrogen and oxygen atoms in total. The Morgan fingerprint density at radius 3 is 2.93 bits per heavy atom. The van der Waals surface area contributed by atoms with Crippen molar-refractivity contribution in [3.05, 3.63) is 33.9 Å². The van der Waals surface area contributed by atoms with Crippen molar-refractivity contribution in [2.75, 3.05) is 7.11 Å². The van der Waals surface area contributed by atoms with Crippen LogP contribution in [0.25, 0.3) is 10.9 Å². The number of nitrogens with zero attached hydrogens (tertiary/aromatic N) is 1. The lowest BCUT2D eigenvalue weighted by Crippen LogP contribution is -1.86. The van der Waals surface area contributed by atoms with Crippen molar-refractivity contribution < 1.29 is 4.74 Å². The fourth-order valence-corrected chi connectivity index (χ4v) is 1.90. The van der Waals surface area contributed by atoms with Crippen LogP contribution >= 0.6 is 27.5 Å². The number of benzene rings is 1. The minimum Gasteiger partial charge on any atom is -0.495 e. The van der Waals surface area contributed by atoms with E-state index in [1.807, 2.05) is 18.2 Å². The summed E-state index contributed by atoms with van der Waals surface area (Å²) in [6.45, 7) is 0. The van der Waals surface area contributed by atoms with Gasteiger partial charge in [0.05, 0.1) is 17.6 Å². The summed E-state index contributed by atoms with van der Waals surface area (Å²) in [5.41, 5.74) is 0.860. The van der Waals surface area contributed by atoms with E-state index in [4.69, 9.17) is 16.3 Å². The summed E-state index contributed by atoms with van der Waals surface area (Å²) in [6.07, 6.45) is 1.74. The van der Waals surface area contributed by atoms with Gasteiger partial charge >= 0.3 is 0 Å². The highest BCUT2D eigenvalue weighted by molar-refractivity contribution is 9.10. The van der Waals surface area contributed by atoms with Gasteiger partial charge in [-0.1, -0.05) is 11.6 Å². The minimum atomic E-state index is 0.596. The van der Waals surface area contributed by atoms with Gasteiger partial charge < -0.3 is 4.74 Å². The highest BCUT2D eigenvalue weighted by Gasteiger charge is 2.06.